The van der Waals surface area contributed by atoms with Crippen molar-refractivity contribution in [3.8, 4) is 0 Å². The van der Waals surface area contributed by atoms with Gasteiger partial charge in [-0.05, 0) is 24.5 Å². The Balaban J connectivity index is 1.62. The Hall–Kier alpha value is -1.64. The van der Waals surface area contributed by atoms with Crippen molar-refractivity contribution in [2.24, 2.45) is 0 Å². The molecule has 3 rings (SSSR count). The zero-order valence-electron chi connectivity index (χ0n) is 12.7. The van der Waals surface area contributed by atoms with Crippen molar-refractivity contribution in [1.82, 2.24) is 10.2 Å². The molecule has 1 saturated heterocycles. The van der Waals surface area contributed by atoms with Crippen LogP contribution in [0.4, 0.5) is 0 Å². The molecule has 0 amide bonds. The van der Waals surface area contributed by atoms with E-state index in [9.17, 15) is 0 Å². The lowest BCUT2D eigenvalue weighted by Crippen LogP contribution is -2.55. The van der Waals surface area contributed by atoms with Crippen LogP contribution in [0.5, 0.6) is 0 Å². The molecule has 0 spiro atoms. The second kappa shape index (κ2) is 6.88. The fourth-order valence-corrected chi connectivity index (χ4v) is 3.27. The van der Waals surface area contributed by atoms with Crippen LogP contribution < -0.4 is 5.32 Å². The summed E-state index contributed by atoms with van der Waals surface area (Å²) in [5, 5.41) is 3.74. The molecule has 1 N–H and O–H groups in total. The van der Waals surface area contributed by atoms with E-state index < -0.39 is 0 Å². The van der Waals surface area contributed by atoms with Gasteiger partial charge < -0.3 is 5.32 Å². The summed E-state index contributed by atoms with van der Waals surface area (Å²) in [7, 11) is 0. The highest BCUT2D eigenvalue weighted by molar-refractivity contribution is 5.17. The van der Waals surface area contributed by atoms with Crippen LogP contribution in [-0.4, -0.2) is 30.1 Å². The van der Waals surface area contributed by atoms with Crippen molar-refractivity contribution in [2.45, 2.75) is 32.0 Å². The molecule has 2 aromatic carbocycles. The number of piperazine rings is 1. The summed E-state index contributed by atoms with van der Waals surface area (Å²) in [6.45, 7) is 5.58. The van der Waals surface area contributed by atoms with Crippen molar-refractivity contribution < 1.29 is 0 Å². The third kappa shape index (κ3) is 4.16. The number of hydrogen-bond acceptors (Lipinski definition) is 2. The summed E-state index contributed by atoms with van der Waals surface area (Å²) in [6.07, 6.45) is 1.11. The molecule has 0 bridgehead atoms. The molecule has 2 heteroatoms. The van der Waals surface area contributed by atoms with Crippen molar-refractivity contribution >= 4 is 0 Å². The third-order valence-corrected chi connectivity index (χ3v) is 4.10. The van der Waals surface area contributed by atoms with E-state index in [0.29, 0.717) is 12.1 Å². The Labute approximate surface area is 127 Å². The summed E-state index contributed by atoms with van der Waals surface area (Å²) < 4.78 is 0. The molecule has 21 heavy (non-hydrogen) atoms. The van der Waals surface area contributed by atoms with Gasteiger partial charge in [0.05, 0.1) is 0 Å². The zero-order chi connectivity index (χ0) is 14.5. The van der Waals surface area contributed by atoms with Crippen LogP contribution in [0.25, 0.3) is 0 Å². The minimum atomic E-state index is 0.542. The monoisotopic (exact) mass is 280 g/mol. The van der Waals surface area contributed by atoms with E-state index in [1.54, 1.807) is 0 Å². The summed E-state index contributed by atoms with van der Waals surface area (Å²) in [5.41, 5.74) is 2.83. The first-order chi connectivity index (χ1) is 10.3. The average Bonchev–Trinajstić information content (AvgIpc) is 2.48. The van der Waals surface area contributed by atoms with Crippen LogP contribution in [0.3, 0.4) is 0 Å². The normalized spacial score (nSPS) is 23.1. The van der Waals surface area contributed by atoms with Gasteiger partial charge in [0.25, 0.3) is 0 Å². The molecule has 0 radical (unpaired) electrons. The number of nitrogens with one attached hydrogen (secondary N) is 1. The first kappa shape index (κ1) is 14.3. The van der Waals surface area contributed by atoms with Gasteiger partial charge in [-0.2, -0.15) is 0 Å². The molecule has 2 aromatic rings. The SMILES string of the molecule is C[C@@H]1CN(Cc2ccccc2)C[C@@H](Cc2ccccc2)N1. The van der Waals surface area contributed by atoms with Crippen molar-refractivity contribution in [2.75, 3.05) is 13.1 Å². The Morgan fingerprint density at radius 1 is 0.905 bits per heavy atom. The molecule has 0 saturated carbocycles. The van der Waals surface area contributed by atoms with Crippen molar-refractivity contribution in [3.63, 3.8) is 0 Å². The van der Waals surface area contributed by atoms with Crippen LogP contribution in [0.15, 0.2) is 60.7 Å². The molecule has 1 fully saturated rings. The molecule has 0 aliphatic carbocycles. The van der Waals surface area contributed by atoms with E-state index in [2.05, 4.69) is 77.8 Å². The maximum Gasteiger partial charge on any atom is 0.0238 e. The van der Waals surface area contributed by atoms with Crippen molar-refractivity contribution in [1.29, 1.82) is 0 Å². The Bertz CT molecular complexity index is 489. The van der Waals surface area contributed by atoms with Crippen LogP contribution in [-0.2, 0) is 13.0 Å². The fourth-order valence-electron chi connectivity index (χ4n) is 3.27. The van der Waals surface area contributed by atoms with Gasteiger partial charge in [0.1, 0.15) is 0 Å². The second-order valence-electron chi connectivity index (χ2n) is 6.13. The Kier molecular flexibility index (Phi) is 4.69. The summed E-state index contributed by atoms with van der Waals surface area (Å²) in [5.74, 6) is 0. The van der Waals surface area contributed by atoms with E-state index in [0.717, 1.165) is 26.1 Å². The molecule has 1 heterocycles. The topological polar surface area (TPSA) is 15.3 Å². The lowest BCUT2D eigenvalue weighted by molar-refractivity contribution is 0.159. The van der Waals surface area contributed by atoms with E-state index >= 15 is 0 Å². The minimum absolute atomic E-state index is 0.542. The maximum absolute atomic E-state index is 3.74. The first-order valence-electron chi connectivity index (χ1n) is 7.86. The number of benzene rings is 2. The Morgan fingerprint density at radius 3 is 2.19 bits per heavy atom. The molecule has 2 atom stereocenters. The molecular formula is C19H24N2. The molecule has 0 unspecified atom stereocenters. The predicted octanol–water partition coefficient (Wildman–Crippen LogP) is 3.09. The van der Waals surface area contributed by atoms with Crippen LogP contribution >= 0.6 is 0 Å². The smallest absolute Gasteiger partial charge is 0.0238 e. The summed E-state index contributed by atoms with van der Waals surface area (Å²) in [4.78, 5) is 2.57. The average molecular weight is 280 g/mol. The fraction of sp³-hybridized carbons (Fsp3) is 0.368. The number of hydrogen-bond donors (Lipinski definition) is 1. The van der Waals surface area contributed by atoms with E-state index in [4.69, 9.17) is 0 Å². The first-order valence-corrected chi connectivity index (χ1v) is 7.86. The summed E-state index contributed by atoms with van der Waals surface area (Å²) in [6, 6.07) is 22.7. The van der Waals surface area contributed by atoms with Crippen LogP contribution in [0.1, 0.15) is 18.1 Å². The number of rotatable bonds is 4. The highest BCUT2D eigenvalue weighted by Gasteiger charge is 2.23. The number of nitrogens with zero attached hydrogens (tertiary/aromatic N) is 1. The van der Waals surface area contributed by atoms with Crippen LogP contribution in [0.2, 0.25) is 0 Å². The van der Waals surface area contributed by atoms with E-state index in [-0.39, 0.29) is 0 Å². The predicted molar refractivity (Wildman–Crippen MR) is 88.3 cm³/mol. The molecule has 1 aliphatic rings. The van der Waals surface area contributed by atoms with E-state index in [1.165, 1.54) is 11.1 Å². The molecular weight excluding hydrogens is 256 g/mol. The van der Waals surface area contributed by atoms with Gasteiger partial charge in [-0.3, -0.25) is 4.90 Å². The molecule has 110 valence electrons. The lowest BCUT2D eigenvalue weighted by Gasteiger charge is -2.38. The molecule has 2 nitrogen and oxygen atoms in total. The Morgan fingerprint density at radius 2 is 1.52 bits per heavy atom. The van der Waals surface area contributed by atoms with Gasteiger partial charge in [-0.15, -0.1) is 0 Å². The van der Waals surface area contributed by atoms with Gasteiger partial charge in [-0.25, -0.2) is 0 Å². The zero-order valence-corrected chi connectivity index (χ0v) is 12.7. The standard InChI is InChI=1S/C19H24N2/c1-16-13-21(14-18-10-6-3-7-11-18)15-19(20-16)12-17-8-4-2-5-9-17/h2-11,16,19-20H,12-15H2,1H3/t16-,19-/m1/s1. The molecule has 1 aliphatic heterocycles. The minimum Gasteiger partial charge on any atom is -0.309 e. The summed E-state index contributed by atoms with van der Waals surface area (Å²) >= 11 is 0. The van der Waals surface area contributed by atoms with Crippen LogP contribution in [0, 0.1) is 0 Å². The largest absolute Gasteiger partial charge is 0.309 e. The van der Waals surface area contributed by atoms with Gasteiger partial charge in [0, 0.05) is 31.7 Å². The molecule has 0 aromatic heterocycles. The van der Waals surface area contributed by atoms with Gasteiger partial charge in [0.15, 0.2) is 0 Å². The lowest BCUT2D eigenvalue weighted by atomic mass is 10.0. The second-order valence-corrected chi connectivity index (χ2v) is 6.13. The van der Waals surface area contributed by atoms with Gasteiger partial charge >= 0.3 is 0 Å². The van der Waals surface area contributed by atoms with Gasteiger partial charge in [-0.1, -0.05) is 60.7 Å². The maximum atomic E-state index is 3.74. The highest BCUT2D eigenvalue weighted by atomic mass is 15.2. The van der Waals surface area contributed by atoms with E-state index in [1.807, 2.05) is 0 Å². The van der Waals surface area contributed by atoms with Crippen molar-refractivity contribution in [3.05, 3.63) is 71.8 Å². The quantitative estimate of drug-likeness (QED) is 0.926. The highest BCUT2D eigenvalue weighted by Crippen LogP contribution is 2.13. The van der Waals surface area contributed by atoms with Gasteiger partial charge in [0.2, 0.25) is 0 Å². The third-order valence-electron chi connectivity index (χ3n) is 4.10.